The van der Waals surface area contributed by atoms with Crippen molar-refractivity contribution in [1.29, 1.82) is 0 Å². The lowest BCUT2D eigenvalue weighted by Crippen LogP contribution is -2.43. The first kappa shape index (κ1) is 21.0. The SMILES string of the molecule is C[C@H](NC(=O)C1CCN(S(=O)(=O)c2ccc(F)cc2)CC1)c1ccc(Br)cc1. The van der Waals surface area contributed by atoms with Gasteiger partial charge in [-0.15, -0.1) is 0 Å². The zero-order valence-corrected chi connectivity index (χ0v) is 17.8. The van der Waals surface area contributed by atoms with Gasteiger partial charge in [-0.3, -0.25) is 4.79 Å². The Kier molecular flexibility index (Phi) is 6.52. The molecule has 8 heteroatoms. The van der Waals surface area contributed by atoms with Gasteiger partial charge in [0.05, 0.1) is 10.9 Å². The molecule has 1 saturated heterocycles. The highest BCUT2D eigenvalue weighted by molar-refractivity contribution is 9.10. The maximum Gasteiger partial charge on any atom is 0.243 e. The van der Waals surface area contributed by atoms with Crippen molar-refractivity contribution < 1.29 is 17.6 Å². The molecule has 3 rings (SSSR count). The molecule has 0 bridgehead atoms. The summed E-state index contributed by atoms with van der Waals surface area (Å²) in [6.07, 6.45) is 0.915. The minimum absolute atomic E-state index is 0.0609. The zero-order valence-electron chi connectivity index (χ0n) is 15.4. The smallest absolute Gasteiger partial charge is 0.243 e. The lowest BCUT2D eigenvalue weighted by atomic mass is 9.96. The van der Waals surface area contributed by atoms with Crippen LogP contribution in [0.15, 0.2) is 57.9 Å². The molecule has 0 unspecified atom stereocenters. The van der Waals surface area contributed by atoms with Gasteiger partial charge < -0.3 is 5.32 Å². The average Bonchev–Trinajstić information content (AvgIpc) is 2.69. The van der Waals surface area contributed by atoms with E-state index in [9.17, 15) is 17.6 Å². The van der Waals surface area contributed by atoms with E-state index in [0.29, 0.717) is 12.8 Å². The number of halogens is 2. The molecule has 28 heavy (non-hydrogen) atoms. The fourth-order valence-corrected chi connectivity index (χ4v) is 5.01. The minimum atomic E-state index is -3.67. The first-order valence-corrected chi connectivity index (χ1v) is 11.3. The third-order valence-corrected chi connectivity index (χ3v) is 7.45. The number of sulfonamides is 1. The lowest BCUT2D eigenvalue weighted by molar-refractivity contribution is -0.126. The molecule has 1 aliphatic rings. The van der Waals surface area contributed by atoms with Crippen molar-refractivity contribution in [3.05, 3.63) is 64.4 Å². The summed E-state index contributed by atoms with van der Waals surface area (Å²) in [6.45, 7) is 2.46. The summed E-state index contributed by atoms with van der Waals surface area (Å²) in [5, 5.41) is 3.01. The van der Waals surface area contributed by atoms with E-state index in [4.69, 9.17) is 0 Å². The van der Waals surface area contributed by atoms with Crippen molar-refractivity contribution >= 4 is 31.9 Å². The van der Waals surface area contributed by atoms with E-state index in [0.717, 1.165) is 22.2 Å². The molecule has 0 radical (unpaired) electrons. The van der Waals surface area contributed by atoms with E-state index in [1.54, 1.807) is 0 Å². The van der Waals surface area contributed by atoms with Crippen molar-refractivity contribution in [3.63, 3.8) is 0 Å². The first-order valence-electron chi connectivity index (χ1n) is 9.09. The van der Waals surface area contributed by atoms with E-state index in [-0.39, 0.29) is 35.9 Å². The normalized spacial score (nSPS) is 17.2. The Morgan fingerprint density at radius 1 is 1.11 bits per heavy atom. The molecule has 1 aliphatic heterocycles. The number of carbonyl (C=O) groups excluding carboxylic acids is 1. The van der Waals surface area contributed by atoms with Crippen LogP contribution in [0.25, 0.3) is 0 Å². The van der Waals surface area contributed by atoms with Gasteiger partial charge in [0.1, 0.15) is 5.82 Å². The fraction of sp³-hybridized carbons (Fsp3) is 0.350. The molecule has 0 spiro atoms. The number of nitrogens with zero attached hydrogens (tertiary/aromatic N) is 1. The molecule has 150 valence electrons. The van der Waals surface area contributed by atoms with E-state index < -0.39 is 15.8 Å². The Balaban J connectivity index is 1.57. The number of nitrogens with one attached hydrogen (secondary N) is 1. The highest BCUT2D eigenvalue weighted by Crippen LogP contribution is 2.25. The number of carbonyl (C=O) groups is 1. The van der Waals surface area contributed by atoms with E-state index in [1.807, 2.05) is 31.2 Å². The van der Waals surface area contributed by atoms with Crippen LogP contribution in [0.2, 0.25) is 0 Å². The predicted octanol–water partition coefficient (Wildman–Crippen LogP) is 3.87. The number of benzene rings is 2. The summed E-state index contributed by atoms with van der Waals surface area (Å²) in [5.74, 6) is -0.763. The van der Waals surface area contributed by atoms with Gasteiger partial charge in [0, 0.05) is 23.5 Å². The molecule has 0 saturated carbocycles. The fourth-order valence-electron chi connectivity index (χ4n) is 3.28. The van der Waals surface area contributed by atoms with Crippen LogP contribution in [-0.4, -0.2) is 31.7 Å². The lowest BCUT2D eigenvalue weighted by Gasteiger charge is -2.31. The highest BCUT2D eigenvalue weighted by Gasteiger charge is 2.32. The summed E-state index contributed by atoms with van der Waals surface area (Å²) in [4.78, 5) is 12.7. The van der Waals surface area contributed by atoms with E-state index in [1.165, 1.54) is 16.4 Å². The van der Waals surface area contributed by atoms with Crippen LogP contribution in [0.5, 0.6) is 0 Å². The molecule has 2 aromatic rings. The minimum Gasteiger partial charge on any atom is -0.349 e. The number of hydrogen-bond acceptors (Lipinski definition) is 3. The molecule has 1 atom stereocenters. The van der Waals surface area contributed by atoms with Crippen LogP contribution in [0.3, 0.4) is 0 Å². The molecule has 5 nitrogen and oxygen atoms in total. The van der Waals surface area contributed by atoms with Gasteiger partial charge >= 0.3 is 0 Å². The quantitative estimate of drug-likeness (QED) is 0.723. The van der Waals surface area contributed by atoms with Crippen LogP contribution in [0.4, 0.5) is 4.39 Å². The summed E-state index contributed by atoms with van der Waals surface area (Å²) in [6, 6.07) is 12.4. The zero-order chi connectivity index (χ0) is 20.3. The van der Waals surface area contributed by atoms with Crippen LogP contribution < -0.4 is 5.32 Å². The Morgan fingerprint density at radius 2 is 1.68 bits per heavy atom. The van der Waals surface area contributed by atoms with Crippen LogP contribution in [0, 0.1) is 11.7 Å². The second-order valence-electron chi connectivity index (χ2n) is 6.91. The number of piperidine rings is 1. The van der Waals surface area contributed by atoms with Gasteiger partial charge in [0.15, 0.2) is 0 Å². The topological polar surface area (TPSA) is 66.5 Å². The van der Waals surface area contributed by atoms with E-state index >= 15 is 0 Å². The average molecular weight is 469 g/mol. The molecular weight excluding hydrogens is 447 g/mol. The number of hydrogen-bond donors (Lipinski definition) is 1. The van der Waals surface area contributed by atoms with Gasteiger partial charge in [-0.1, -0.05) is 28.1 Å². The second kappa shape index (κ2) is 8.71. The van der Waals surface area contributed by atoms with Crippen molar-refractivity contribution in [2.24, 2.45) is 5.92 Å². The van der Waals surface area contributed by atoms with Gasteiger partial charge in [0.25, 0.3) is 0 Å². The number of amides is 1. The summed E-state index contributed by atoms with van der Waals surface area (Å²) >= 11 is 3.39. The molecule has 1 fully saturated rings. The first-order chi connectivity index (χ1) is 13.3. The summed E-state index contributed by atoms with van der Waals surface area (Å²) < 4.78 is 40.7. The Labute approximate surface area is 173 Å². The monoisotopic (exact) mass is 468 g/mol. The maximum atomic E-state index is 13.0. The van der Waals surface area contributed by atoms with Gasteiger partial charge in [-0.25, -0.2) is 12.8 Å². The molecule has 1 N–H and O–H groups in total. The van der Waals surface area contributed by atoms with Crippen molar-refractivity contribution in [2.45, 2.75) is 30.7 Å². The molecule has 1 heterocycles. The Bertz CT molecular complexity index is 925. The van der Waals surface area contributed by atoms with Gasteiger partial charge in [0.2, 0.25) is 15.9 Å². The van der Waals surface area contributed by atoms with Crippen molar-refractivity contribution in [3.8, 4) is 0 Å². The summed E-state index contributed by atoms with van der Waals surface area (Å²) in [5.41, 5.74) is 1.01. The van der Waals surface area contributed by atoms with Crippen LogP contribution >= 0.6 is 15.9 Å². The van der Waals surface area contributed by atoms with Crippen molar-refractivity contribution in [2.75, 3.05) is 13.1 Å². The summed E-state index contributed by atoms with van der Waals surface area (Å²) in [7, 11) is -3.67. The van der Waals surface area contributed by atoms with E-state index in [2.05, 4.69) is 21.2 Å². The molecule has 0 aromatic heterocycles. The molecule has 1 amide bonds. The standard InChI is InChI=1S/C20H22BrFN2O3S/c1-14(15-2-4-17(21)5-3-15)23-20(25)16-10-12-24(13-11-16)28(26,27)19-8-6-18(22)7-9-19/h2-9,14,16H,10-13H2,1H3,(H,23,25)/t14-/m0/s1. The van der Waals surface area contributed by atoms with Gasteiger partial charge in [-0.05, 0) is 61.7 Å². The second-order valence-corrected chi connectivity index (χ2v) is 9.77. The molecular formula is C20H22BrFN2O3S. The molecule has 0 aliphatic carbocycles. The Hall–Kier alpha value is -1.77. The largest absolute Gasteiger partial charge is 0.349 e. The third-order valence-electron chi connectivity index (χ3n) is 5.00. The maximum absolute atomic E-state index is 13.0. The Morgan fingerprint density at radius 3 is 2.25 bits per heavy atom. The third kappa shape index (κ3) is 4.79. The van der Waals surface area contributed by atoms with Crippen LogP contribution in [-0.2, 0) is 14.8 Å². The molecule has 2 aromatic carbocycles. The van der Waals surface area contributed by atoms with Gasteiger partial charge in [-0.2, -0.15) is 4.31 Å². The van der Waals surface area contributed by atoms with Crippen LogP contribution in [0.1, 0.15) is 31.4 Å². The van der Waals surface area contributed by atoms with Crippen molar-refractivity contribution in [1.82, 2.24) is 9.62 Å². The number of rotatable bonds is 5. The highest BCUT2D eigenvalue weighted by atomic mass is 79.9. The predicted molar refractivity (Wildman–Crippen MR) is 109 cm³/mol.